The fraction of sp³-hybridized carbons (Fsp3) is 0.600. The summed E-state index contributed by atoms with van der Waals surface area (Å²) in [5.41, 5.74) is 1.10. The van der Waals surface area contributed by atoms with Crippen LogP contribution in [-0.2, 0) is 13.6 Å². The van der Waals surface area contributed by atoms with Gasteiger partial charge in [-0.25, -0.2) is 0 Å². The summed E-state index contributed by atoms with van der Waals surface area (Å²) in [4.78, 5) is 0. The van der Waals surface area contributed by atoms with Crippen molar-refractivity contribution in [3.05, 3.63) is 36.4 Å². The smallest absolute Gasteiger partial charge is 0.330 e. The lowest BCUT2D eigenvalue weighted by Crippen LogP contribution is -2.00. The van der Waals surface area contributed by atoms with Gasteiger partial charge in [0.05, 0.1) is 26.0 Å². The van der Waals surface area contributed by atoms with Crippen molar-refractivity contribution in [1.82, 2.24) is 0 Å². The van der Waals surface area contributed by atoms with E-state index >= 15 is 0 Å². The Hall–Kier alpha value is -1.09. The maximum atomic E-state index is 12.3. The summed E-state index contributed by atoms with van der Waals surface area (Å²) in [7, 11) is -2.85. The number of unbranched alkanes of at least 4 members (excludes halogenated alkanes) is 5. The van der Waals surface area contributed by atoms with Crippen LogP contribution in [0.4, 0.5) is 0 Å². The summed E-state index contributed by atoms with van der Waals surface area (Å²) in [5.74, 6) is 0.910. The molecule has 0 aliphatic heterocycles. The third-order valence-electron chi connectivity index (χ3n) is 3.86. The molecule has 0 radical (unpaired) electrons. The number of hydrogen-bond donors (Lipinski definition) is 0. The van der Waals surface area contributed by atoms with E-state index in [1.165, 1.54) is 6.42 Å². The van der Waals surface area contributed by atoms with Crippen molar-refractivity contribution in [2.75, 3.05) is 26.0 Å². The average Bonchev–Trinajstić information content (AvgIpc) is 2.61. The van der Waals surface area contributed by atoms with Gasteiger partial charge in [-0.3, -0.25) is 4.57 Å². The van der Waals surface area contributed by atoms with Crippen molar-refractivity contribution in [2.45, 2.75) is 52.4 Å². The maximum Gasteiger partial charge on any atom is 0.330 e. The molecule has 25 heavy (non-hydrogen) atoms. The van der Waals surface area contributed by atoms with E-state index in [1.54, 1.807) is 0 Å². The molecule has 0 aromatic heterocycles. The van der Waals surface area contributed by atoms with Crippen molar-refractivity contribution >= 4 is 13.7 Å². The molecular weight excluding hydrogens is 335 g/mol. The first-order valence-electron chi connectivity index (χ1n) is 9.37. The van der Waals surface area contributed by atoms with E-state index in [9.17, 15) is 4.57 Å². The summed E-state index contributed by atoms with van der Waals surface area (Å²) < 4.78 is 28.6. The lowest BCUT2D eigenvalue weighted by Gasteiger charge is -2.16. The van der Waals surface area contributed by atoms with Crippen LogP contribution in [0.5, 0.6) is 5.75 Å². The minimum absolute atomic E-state index is 0.438. The van der Waals surface area contributed by atoms with E-state index in [4.69, 9.17) is 13.8 Å². The third kappa shape index (κ3) is 9.84. The predicted octanol–water partition coefficient (Wildman–Crippen LogP) is 6.32. The van der Waals surface area contributed by atoms with E-state index < -0.39 is 7.60 Å². The van der Waals surface area contributed by atoms with Gasteiger partial charge >= 0.3 is 7.60 Å². The molecule has 0 amide bonds. The topological polar surface area (TPSA) is 44.8 Å². The van der Waals surface area contributed by atoms with Gasteiger partial charge in [0.2, 0.25) is 0 Å². The second-order valence-electron chi connectivity index (χ2n) is 5.91. The summed E-state index contributed by atoms with van der Waals surface area (Å²) in [6, 6.07) is 7.97. The van der Waals surface area contributed by atoms with Gasteiger partial charge < -0.3 is 13.8 Å². The van der Waals surface area contributed by atoms with Crippen molar-refractivity contribution in [3.63, 3.8) is 0 Å². The Morgan fingerprint density at radius 1 is 0.920 bits per heavy atom. The number of ether oxygens (including phenoxy) is 1. The predicted molar refractivity (Wildman–Crippen MR) is 105 cm³/mol. The van der Waals surface area contributed by atoms with Crippen LogP contribution in [0.1, 0.15) is 57.9 Å². The Morgan fingerprint density at radius 3 is 2.04 bits per heavy atom. The van der Waals surface area contributed by atoms with E-state index in [-0.39, 0.29) is 0 Å². The minimum atomic E-state index is -2.85. The molecule has 0 fully saturated rings. The SMILES string of the molecule is C=Cc1ccc(OCCCCCCCCP(=O)(OCC)OCC)cc1. The molecule has 0 aliphatic carbocycles. The Kier molecular flexibility index (Phi) is 11.6. The highest BCUT2D eigenvalue weighted by Crippen LogP contribution is 2.48. The Bertz CT molecular complexity index is 503. The highest BCUT2D eigenvalue weighted by Gasteiger charge is 2.22. The molecule has 0 unspecified atom stereocenters. The molecule has 0 saturated heterocycles. The zero-order valence-corrected chi connectivity index (χ0v) is 16.6. The fourth-order valence-corrected chi connectivity index (χ4v) is 4.29. The molecule has 0 saturated carbocycles. The molecule has 1 aromatic carbocycles. The minimum Gasteiger partial charge on any atom is -0.494 e. The first-order valence-corrected chi connectivity index (χ1v) is 11.1. The van der Waals surface area contributed by atoms with Crippen LogP contribution in [0, 0.1) is 0 Å². The Morgan fingerprint density at radius 2 is 1.48 bits per heavy atom. The molecular formula is C20H33O4P. The van der Waals surface area contributed by atoms with Gasteiger partial charge in [-0.05, 0) is 44.4 Å². The van der Waals surface area contributed by atoms with E-state index in [2.05, 4.69) is 6.58 Å². The van der Waals surface area contributed by atoms with Crippen LogP contribution in [0.2, 0.25) is 0 Å². The van der Waals surface area contributed by atoms with Crippen molar-refractivity contribution < 1.29 is 18.3 Å². The molecule has 1 aromatic rings. The molecule has 0 aliphatic rings. The van der Waals surface area contributed by atoms with Gasteiger partial charge in [0.1, 0.15) is 5.75 Å². The maximum absolute atomic E-state index is 12.3. The Labute approximate surface area is 153 Å². The Balaban J connectivity index is 2.02. The van der Waals surface area contributed by atoms with Crippen molar-refractivity contribution in [1.29, 1.82) is 0 Å². The van der Waals surface area contributed by atoms with Crippen LogP contribution in [0.25, 0.3) is 6.08 Å². The zero-order valence-electron chi connectivity index (χ0n) is 15.7. The first-order chi connectivity index (χ1) is 12.1. The van der Waals surface area contributed by atoms with Crippen LogP contribution in [0.3, 0.4) is 0 Å². The standard InChI is InChI=1S/C20H33O4P/c1-4-19-13-15-20(16-14-19)22-17-11-9-7-8-10-12-18-25(21,23-5-2)24-6-3/h4,13-16H,1,5-12,17-18H2,2-3H3. The largest absolute Gasteiger partial charge is 0.494 e. The number of hydrogen-bond acceptors (Lipinski definition) is 4. The molecule has 5 heteroatoms. The van der Waals surface area contributed by atoms with Gasteiger partial charge in [0, 0.05) is 0 Å². The zero-order chi connectivity index (χ0) is 18.4. The molecule has 0 spiro atoms. The molecule has 4 nitrogen and oxygen atoms in total. The summed E-state index contributed by atoms with van der Waals surface area (Å²) in [5, 5.41) is 0. The quantitative estimate of drug-likeness (QED) is 0.269. The van der Waals surface area contributed by atoms with Crippen molar-refractivity contribution in [2.24, 2.45) is 0 Å². The molecule has 0 bridgehead atoms. The van der Waals surface area contributed by atoms with E-state index in [0.29, 0.717) is 19.4 Å². The van der Waals surface area contributed by atoms with Gasteiger partial charge in [0.15, 0.2) is 0 Å². The van der Waals surface area contributed by atoms with Crippen LogP contribution >= 0.6 is 7.60 Å². The number of benzene rings is 1. The van der Waals surface area contributed by atoms with Crippen LogP contribution < -0.4 is 4.74 Å². The fourth-order valence-electron chi connectivity index (χ4n) is 2.56. The second-order valence-corrected chi connectivity index (χ2v) is 8.10. The van der Waals surface area contributed by atoms with Crippen LogP contribution in [-0.4, -0.2) is 26.0 Å². The summed E-state index contributed by atoms with van der Waals surface area (Å²) in [6.45, 7) is 9.06. The molecule has 142 valence electrons. The third-order valence-corrected chi connectivity index (χ3v) is 6.03. The molecule has 0 atom stereocenters. The molecule has 0 N–H and O–H groups in total. The first kappa shape index (κ1) is 22.0. The van der Waals surface area contributed by atoms with Crippen LogP contribution in [0.15, 0.2) is 30.8 Å². The normalized spacial score (nSPS) is 11.4. The highest BCUT2D eigenvalue weighted by molar-refractivity contribution is 7.53. The number of rotatable bonds is 15. The van der Waals surface area contributed by atoms with Gasteiger partial charge in [-0.15, -0.1) is 0 Å². The average molecular weight is 368 g/mol. The lowest BCUT2D eigenvalue weighted by atomic mass is 10.1. The molecule has 0 heterocycles. The van der Waals surface area contributed by atoms with E-state index in [0.717, 1.165) is 50.0 Å². The lowest BCUT2D eigenvalue weighted by molar-refractivity contribution is 0.219. The van der Waals surface area contributed by atoms with Gasteiger partial charge in [0.25, 0.3) is 0 Å². The summed E-state index contributed by atoms with van der Waals surface area (Å²) in [6.07, 6.45) is 8.83. The summed E-state index contributed by atoms with van der Waals surface area (Å²) >= 11 is 0. The van der Waals surface area contributed by atoms with Gasteiger partial charge in [-0.1, -0.05) is 50.5 Å². The highest BCUT2D eigenvalue weighted by atomic mass is 31.2. The molecule has 1 rings (SSSR count). The van der Waals surface area contributed by atoms with E-state index in [1.807, 2.05) is 44.2 Å². The van der Waals surface area contributed by atoms with Crippen molar-refractivity contribution in [3.8, 4) is 5.75 Å². The van der Waals surface area contributed by atoms with Gasteiger partial charge in [-0.2, -0.15) is 0 Å². The monoisotopic (exact) mass is 368 g/mol. The second kappa shape index (κ2) is 13.2.